The van der Waals surface area contributed by atoms with Crippen LogP contribution >= 0.6 is 11.3 Å². The number of nitrogens with one attached hydrogen (secondary N) is 1. The Kier molecular flexibility index (Phi) is 6.12. The SMILES string of the molecule is CCCCCC(NCc1cccs1)c1ccccc1. The quantitative estimate of drug-likeness (QED) is 0.655. The molecule has 1 heterocycles. The Labute approximate surface area is 120 Å². The largest absolute Gasteiger partial charge is 0.305 e. The van der Waals surface area contributed by atoms with Crippen LogP contribution in [0, 0.1) is 0 Å². The molecule has 19 heavy (non-hydrogen) atoms. The van der Waals surface area contributed by atoms with Crippen molar-refractivity contribution >= 4 is 11.3 Å². The summed E-state index contributed by atoms with van der Waals surface area (Å²) in [4.78, 5) is 1.41. The van der Waals surface area contributed by atoms with Crippen molar-refractivity contribution in [1.82, 2.24) is 5.32 Å². The molecule has 1 atom stereocenters. The Morgan fingerprint density at radius 3 is 2.58 bits per heavy atom. The molecule has 0 aliphatic heterocycles. The normalized spacial score (nSPS) is 12.5. The van der Waals surface area contributed by atoms with Crippen LogP contribution in [0.15, 0.2) is 47.8 Å². The van der Waals surface area contributed by atoms with Crippen molar-refractivity contribution < 1.29 is 0 Å². The minimum Gasteiger partial charge on any atom is -0.305 e. The van der Waals surface area contributed by atoms with Gasteiger partial charge in [-0.1, -0.05) is 62.6 Å². The second-order valence-corrected chi connectivity index (χ2v) is 5.95. The molecule has 1 N–H and O–H groups in total. The van der Waals surface area contributed by atoms with Gasteiger partial charge in [-0.3, -0.25) is 0 Å². The van der Waals surface area contributed by atoms with Crippen LogP contribution in [0.5, 0.6) is 0 Å². The van der Waals surface area contributed by atoms with E-state index in [9.17, 15) is 0 Å². The third-order valence-corrected chi connectivity index (χ3v) is 4.28. The minimum absolute atomic E-state index is 0.481. The first-order valence-corrected chi connectivity index (χ1v) is 8.09. The summed E-state index contributed by atoms with van der Waals surface area (Å²) in [7, 11) is 0. The van der Waals surface area contributed by atoms with Crippen molar-refractivity contribution in [1.29, 1.82) is 0 Å². The molecule has 0 spiro atoms. The topological polar surface area (TPSA) is 12.0 Å². The van der Waals surface area contributed by atoms with Gasteiger partial charge in [0.25, 0.3) is 0 Å². The van der Waals surface area contributed by atoms with Crippen molar-refractivity contribution in [2.45, 2.75) is 45.2 Å². The molecular formula is C17H23NS. The van der Waals surface area contributed by atoms with Gasteiger partial charge in [0.2, 0.25) is 0 Å². The van der Waals surface area contributed by atoms with E-state index in [0.29, 0.717) is 6.04 Å². The molecule has 2 aromatic rings. The zero-order valence-electron chi connectivity index (χ0n) is 11.6. The molecule has 2 heteroatoms. The Balaban J connectivity index is 1.93. The minimum atomic E-state index is 0.481. The lowest BCUT2D eigenvalue weighted by Crippen LogP contribution is -2.20. The van der Waals surface area contributed by atoms with Crippen LogP contribution in [0.4, 0.5) is 0 Å². The molecule has 0 radical (unpaired) electrons. The lowest BCUT2D eigenvalue weighted by Gasteiger charge is -2.19. The van der Waals surface area contributed by atoms with Gasteiger partial charge in [0.15, 0.2) is 0 Å². The molecule has 0 aliphatic carbocycles. The monoisotopic (exact) mass is 273 g/mol. The molecule has 1 unspecified atom stereocenters. The van der Waals surface area contributed by atoms with Crippen molar-refractivity contribution in [2.24, 2.45) is 0 Å². The number of benzene rings is 1. The summed E-state index contributed by atoms with van der Waals surface area (Å²) >= 11 is 1.83. The molecule has 1 aromatic heterocycles. The predicted molar refractivity (Wildman–Crippen MR) is 84.5 cm³/mol. The summed E-state index contributed by atoms with van der Waals surface area (Å²) in [5.41, 5.74) is 1.41. The summed E-state index contributed by atoms with van der Waals surface area (Å²) in [5, 5.41) is 5.85. The van der Waals surface area contributed by atoms with E-state index in [0.717, 1.165) is 6.54 Å². The van der Waals surface area contributed by atoms with Gasteiger partial charge in [-0.25, -0.2) is 0 Å². The van der Waals surface area contributed by atoms with Crippen LogP contribution in [-0.4, -0.2) is 0 Å². The van der Waals surface area contributed by atoms with Crippen LogP contribution in [0.25, 0.3) is 0 Å². The molecule has 0 saturated carbocycles. The fourth-order valence-electron chi connectivity index (χ4n) is 2.31. The first kappa shape index (κ1) is 14.3. The average molecular weight is 273 g/mol. The number of hydrogen-bond donors (Lipinski definition) is 1. The van der Waals surface area contributed by atoms with Gasteiger partial charge in [-0.15, -0.1) is 11.3 Å². The van der Waals surface area contributed by atoms with Crippen LogP contribution in [0.3, 0.4) is 0 Å². The number of unbranched alkanes of at least 4 members (excludes halogenated alkanes) is 2. The molecule has 2 rings (SSSR count). The Morgan fingerprint density at radius 1 is 1.05 bits per heavy atom. The highest BCUT2D eigenvalue weighted by Gasteiger charge is 2.10. The zero-order chi connectivity index (χ0) is 13.3. The fourth-order valence-corrected chi connectivity index (χ4v) is 2.96. The van der Waals surface area contributed by atoms with E-state index in [4.69, 9.17) is 0 Å². The summed E-state index contributed by atoms with van der Waals surface area (Å²) in [6.07, 6.45) is 5.13. The van der Waals surface area contributed by atoms with Gasteiger partial charge in [0, 0.05) is 17.5 Å². The van der Waals surface area contributed by atoms with Crippen molar-refractivity contribution in [2.75, 3.05) is 0 Å². The van der Waals surface area contributed by atoms with Crippen LogP contribution in [0.1, 0.15) is 49.1 Å². The molecule has 0 saturated heterocycles. The van der Waals surface area contributed by atoms with Gasteiger partial charge < -0.3 is 5.32 Å². The zero-order valence-corrected chi connectivity index (χ0v) is 12.5. The number of rotatable bonds is 8. The fraction of sp³-hybridized carbons (Fsp3) is 0.412. The van der Waals surface area contributed by atoms with Gasteiger partial charge in [-0.2, -0.15) is 0 Å². The van der Waals surface area contributed by atoms with E-state index < -0.39 is 0 Å². The summed E-state index contributed by atoms with van der Waals surface area (Å²) in [6.45, 7) is 3.24. The maximum Gasteiger partial charge on any atom is 0.0323 e. The maximum absolute atomic E-state index is 3.71. The van der Waals surface area contributed by atoms with E-state index >= 15 is 0 Å². The third kappa shape index (κ3) is 4.81. The Hall–Kier alpha value is -1.12. The predicted octanol–water partition coefficient (Wildman–Crippen LogP) is 5.16. The van der Waals surface area contributed by atoms with Gasteiger partial charge >= 0.3 is 0 Å². The molecule has 1 aromatic carbocycles. The van der Waals surface area contributed by atoms with Crippen molar-refractivity contribution in [3.63, 3.8) is 0 Å². The highest BCUT2D eigenvalue weighted by molar-refractivity contribution is 7.09. The van der Waals surface area contributed by atoms with E-state index in [2.05, 4.69) is 60.1 Å². The van der Waals surface area contributed by atoms with Gasteiger partial charge in [0.05, 0.1) is 0 Å². The molecule has 0 bridgehead atoms. The number of hydrogen-bond acceptors (Lipinski definition) is 2. The van der Waals surface area contributed by atoms with Gasteiger partial charge in [-0.05, 0) is 23.4 Å². The standard InChI is InChI=1S/C17H23NS/c1-2-3-5-12-17(15-9-6-4-7-10-15)18-14-16-11-8-13-19-16/h4,6-11,13,17-18H,2-3,5,12,14H2,1H3. The van der Waals surface area contributed by atoms with Gasteiger partial charge in [0.1, 0.15) is 0 Å². The van der Waals surface area contributed by atoms with Crippen LogP contribution < -0.4 is 5.32 Å². The highest BCUT2D eigenvalue weighted by Crippen LogP contribution is 2.21. The highest BCUT2D eigenvalue weighted by atomic mass is 32.1. The van der Waals surface area contributed by atoms with Crippen LogP contribution in [-0.2, 0) is 6.54 Å². The molecular weight excluding hydrogens is 250 g/mol. The van der Waals surface area contributed by atoms with E-state index in [1.807, 2.05) is 11.3 Å². The average Bonchev–Trinajstić information content (AvgIpc) is 2.97. The van der Waals surface area contributed by atoms with Crippen LogP contribution in [0.2, 0.25) is 0 Å². The Morgan fingerprint density at radius 2 is 1.89 bits per heavy atom. The summed E-state index contributed by atoms with van der Waals surface area (Å²) < 4.78 is 0. The first-order valence-electron chi connectivity index (χ1n) is 7.21. The van der Waals surface area contributed by atoms with E-state index in [1.54, 1.807) is 0 Å². The van der Waals surface area contributed by atoms with E-state index in [-0.39, 0.29) is 0 Å². The Bertz CT molecular complexity index is 436. The molecule has 0 aliphatic rings. The second-order valence-electron chi connectivity index (χ2n) is 4.92. The van der Waals surface area contributed by atoms with E-state index in [1.165, 1.54) is 36.1 Å². The lowest BCUT2D eigenvalue weighted by atomic mass is 10.0. The van der Waals surface area contributed by atoms with Crippen molar-refractivity contribution in [3.05, 3.63) is 58.3 Å². The smallest absolute Gasteiger partial charge is 0.0323 e. The molecule has 0 amide bonds. The van der Waals surface area contributed by atoms with Crippen molar-refractivity contribution in [3.8, 4) is 0 Å². The molecule has 1 nitrogen and oxygen atoms in total. The summed E-state index contributed by atoms with van der Waals surface area (Å²) in [5.74, 6) is 0. The maximum atomic E-state index is 3.71. The lowest BCUT2D eigenvalue weighted by molar-refractivity contribution is 0.475. The number of thiophene rings is 1. The summed E-state index contributed by atoms with van der Waals surface area (Å²) in [6, 6.07) is 15.6. The first-order chi connectivity index (χ1) is 9.40. The second kappa shape index (κ2) is 8.13. The molecule has 0 fully saturated rings. The molecule has 102 valence electrons. The third-order valence-electron chi connectivity index (χ3n) is 3.40.